The molecular weight excluding hydrogens is 408 g/mol. The minimum absolute atomic E-state index is 0.455. The Kier molecular flexibility index (Phi) is 16.9. The highest BCUT2D eigenvalue weighted by Gasteiger charge is 2.36. The zero-order chi connectivity index (χ0) is 22.8. The summed E-state index contributed by atoms with van der Waals surface area (Å²) in [6.45, 7) is 4.16. The molecule has 0 saturated heterocycles. The molecule has 0 aromatic rings. The largest absolute Gasteiger partial charge is 0.481 e. The van der Waals surface area contributed by atoms with Crippen molar-refractivity contribution in [1.82, 2.24) is 0 Å². The summed E-state index contributed by atoms with van der Waals surface area (Å²) >= 11 is 0. The number of hydrogen-bond donors (Lipinski definition) is 2. The first-order valence-corrected chi connectivity index (χ1v) is 13.1. The molecule has 2 atom stereocenters. The smallest absolute Gasteiger partial charge is 0.327 e. The number of carbonyl (C=O) groups is 2. The van der Waals surface area contributed by atoms with Crippen molar-refractivity contribution in [1.29, 1.82) is 0 Å². The normalized spacial score (nSPS) is 13.7. The molecule has 0 aliphatic carbocycles. The molecule has 0 radical (unpaired) electrons. The fraction of sp³-hybridized carbons (Fsp3) is 0.909. The van der Waals surface area contributed by atoms with E-state index in [2.05, 4.69) is 6.92 Å². The summed E-state index contributed by atoms with van der Waals surface area (Å²) in [5.74, 6) is -2.67. The number of unbranched alkanes of at least 4 members (excludes halogenated alkanes) is 11. The summed E-state index contributed by atoms with van der Waals surface area (Å²) in [5.41, 5.74) is 0. The zero-order valence-corrected chi connectivity index (χ0v) is 19.6. The van der Waals surface area contributed by atoms with Crippen LogP contribution in [0.2, 0.25) is 0 Å². The lowest BCUT2D eigenvalue weighted by Crippen LogP contribution is -2.36. The maximum atomic E-state index is 12.1. The van der Waals surface area contributed by atoms with Crippen LogP contribution in [0, 0.1) is 0 Å². The fourth-order valence-corrected chi connectivity index (χ4v) is 4.16. The standard InChI is InChI=1S/C22H42O7S/c1-3-5-6-7-8-9-10-11-12-13-14-15-17-19(16-4-2)29-22(25)20(18-21(23)24)30(26,27)28/h19-20H,3-18H2,1-2H3,(H,23,24)(H,26,27,28). The first-order chi connectivity index (χ1) is 14.2. The Balaban J connectivity index is 4.09. The molecule has 2 N–H and O–H groups in total. The van der Waals surface area contributed by atoms with Gasteiger partial charge in [0.05, 0.1) is 6.42 Å². The van der Waals surface area contributed by atoms with Crippen LogP contribution in [-0.4, -0.2) is 41.4 Å². The molecule has 0 saturated carbocycles. The Bertz CT molecular complexity index is 560. The second kappa shape index (κ2) is 17.5. The third-order valence-electron chi connectivity index (χ3n) is 5.26. The van der Waals surface area contributed by atoms with Crippen LogP contribution >= 0.6 is 0 Å². The number of esters is 1. The zero-order valence-electron chi connectivity index (χ0n) is 18.8. The second-order valence-corrected chi connectivity index (χ2v) is 9.73. The van der Waals surface area contributed by atoms with Gasteiger partial charge in [-0.1, -0.05) is 90.9 Å². The van der Waals surface area contributed by atoms with E-state index in [1.807, 2.05) is 6.92 Å². The Morgan fingerprint density at radius 3 is 1.63 bits per heavy atom. The van der Waals surface area contributed by atoms with Gasteiger partial charge in [-0.25, -0.2) is 0 Å². The van der Waals surface area contributed by atoms with Gasteiger partial charge in [0.25, 0.3) is 10.1 Å². The molecule has 0 aromatic heterocycles. The molecule has 0 bridgehead atoms. The van der Waals surface area contributed by atoms with E-state index in [4.69, 9.17) is 14.4 Å². The summed E-state index contributed by atoms with van der Waals surface area (Å²) in [6, 6.07) is 0. The van der Waals surface area contributed by atoms with Gasteiger partial charge in [0.15, 0.2) is 5.25 Å². The molecule has 0 aromatic carbocycles. The molecule has 0 aliphatic heterocycles. The van der Waals surface area contributed by atoms with Gasteiger partial charge in [-0.2, -0.15) is 8.42 Å². The summed E-state index contributed by atoms with van der Waals surface area (Å²) in [6.07, 6.45) is 15.2. The van der Waals surface area contributed by atoms with Crippen molar-refractivity contribution < 1.29 is 32.4 Å². The molecule has 0 amide bonds. The van der Waals surface area contributed by atoms with E-state index >= 15 is 0 Å². The van der Waals surface area contributed by atoms with E-state index in [-0.39, 0.29) is 0 Å². The van der Waals surface area contributed by atoms with Crippen LogP contribution in [0.4, 0.5) is 0 Å². The van der Waals surface area contributed by atoms with E-state index in [0.29, 0.717) is 12.8 Å². The summed E-state index contributed by atoms with van der Waals surface area (Å²) in [7, 11) is -4.82. The van der Waals surface area contributed by atoms with Crippen molar-refractivity contribution in [3.05, 3.63) is 0 Å². The van der Waals surface area contributed by atoms with Gasteiger partial charge < -0.3 is 9.84 Å². The van der Waals surface area contributed by atoms with E-state index in [1.165, 1.54) is 57.8 Å². The van der Waals surface area contributed by atoms with E-state index in [9.17, 15) is 18.0 Å². The number of ether oxygens (including phenoxy) is 1. The molecule has 0 rings (SSSR count). The number of carbonyl (C=O) groups excluding carboxylic acids is 1. The lowest BCUT2D eigenvalue weighted by atomic mass is 10.0. The molecule has 8 heteroatoms. The molecule has 0 spiro atoms. The summed E-state index contributed by atoms with van der Waals surface area (Å²) in [5, 5.41) is 6.70. The molecule has 178 valence electrons. The van der Waals surface area contributed by atoms with Crippen LogP contribution < -0.4 is 0 Å². The van der Waals surface area contributed by atoms with Gasteiger partial charge in [-0.15, -0.1) is 0 Å². The highest BCUT2D eigenvalue weighted by Crippen LogP contribution is 2.18. The number of carboxylic acids is 1. The fourth-order valence-electron chi connectivity index (χ4n) is 3.51. The Hall–Kier alpha value is -1.15. The molecule has 30 heavy (non-hydrogen) atoms. The lowest BCUT2D eigenvalue weighted by molar-refractivity contribution is -0.152. The maximum absolute atomic E-state index is 12.1. The number of aliphatic carboxylic acids is 1. The van der Waals surface area contributed by atoms with Crippen LogP contribution in [0.25, 0.3) is 0 Å². The highest BCUT2D eigenvalue weighted by molar-refractivity contribution is 7.87. The highest BCUT2D eigenvalue weighted by atomic mass is 32.2. The Labute approximate surface area is 182 Å². The Morgan fingerprint density at radius 2 is 1.23 bits per heavy atom. The number of hydrogen-bond acceptors (Lipinski definition) is 5. The summed E-state index contributed by atoms with van der Waals surface area (Å²) < 4.78 is 37.0. The van der Waals surface area contributed by atoms with Crippen molar-refractivity contribution in [2.45, 2.75) is 128 Å². The first kappa shape index (κ1) is 28.9. The topological polar surface area (TPSA) is 118 Å². The van der Waals surface area contributed by atoms with Gasteiger partial charge in [0.2, 0.25) is 0 Å². The molecule has 0 aliphatic rings. The Morgan fingerprint density at radius 1 is 0.767 bits per heavy atom. The molecular formula is C22H42O7S. The van der Waals surface area contributed by atoms with Gasteiger partial charge >= 0.3 is 11.9 Å². The van der Waals surface area contributed by atoms with Gasteiger partial charge in [-0.05, 0) is 19.3 Å². The average Bonchev–Trinajstić information content (AvgIpc) is 2.66. The molecule has 0 fully saturated rings. The predicted molar refractivity (Wildman–Crippen MR) is 118 cm³/mol. The quantitative estimate of drug-likeness (QED) is 0.142. The first-order valence-electron chi connectivity index (χ1n) is 11.6. The molecule has 2 unspecified atom stereocenters. The summed E-state index contributed by atoms with van der Waals surface area (Å²) in [4.78, 5) is 22.9. The van der Waals surface area contributed by atoms with Crippen molar-refractivity contribution in [3.63, 3.8) is 0 Å². The number of carboxylic acid groups (broad SMARTS) is 1. The van der Waals surface area contributed by atoms with Crippen LogP contribution in [0.1, 0.15) is 117 Å². The molecule has 0 heterocycles. The van der Waals surface area contributed by atoms with E-state index < -0.39 is 39.8 Å². The monoisotopic (exact) mass is 450 g/mol. The van der Waals surface area contributed by atoms with Gasteiger partial charge in [-0.3, -0.25) is 14.1 Å². The number of rotatable bonds is 20. The van der Waals surface area contributed by atoms with Gasteiger partial charge in [0.1, 0.15) is 6.10 Å². The van der Waals surface area contributed by atoms with Gasteiger partial charge in [0, 0.05) is 0 Å². The van der Waals surface area contributed by atoms with E-state index in [1.54, 1.807) is 0 Å². The minimum atomic E-state index is -4.82. The lowest BCUT2D eigenvalue weighted by Gasteiger charge is -2.20. The predicted octanol–water partition coefficient (Wildman–Crippen LogP) is 5.52. The van der Waals surface area contributed by atoms with Crippen LogP contribution in [-0.2, 0) is 24.4 Å². The van der Waals surface area contributed by atoms with E-state index in [0.717, 1.165) is 25.7 Å². The van der Waals surface area contributed by atoms with Crippen molar-refractivity contribution in [2.75, 3.05) is 0 Å². The third kappa shape index (κ3) is 15.7. The SMILES string of the molecule is CCCCCCCCCCCCCCC(CCC)OC(=O)C(CC(=O)O)S(=O)(=O)O. The minimum Gasteiger partial charge on any atom is -0.481 e. The maximum Gasteiger partial charge on any atom is 0.327 e. The second-order valence-electron chi connectivity index (χ2n) is 8.13. The van der Waals surface area contributed by atoms with Crippen molar-refractivity contribution in [2.24, 2.45) is 0 Å². The van der Waals surface area contributed by atoms with Crippen LogP contribution in [0.3, 0.4) is 0 Å². The average molecular weight is 451 g/mol. The molecule has 7 nitrogen and oxygen atoms in total. The van der Waals surface area contributed by atoms with Crippen molar-refractivity contribution in [3.8, 4) is 0 Å². The van der Waals surface area contributed by atoms with Crippen LogP contribution in [0.5, 0.6) is 0 Å². The third-order valence-corrected chi connectivity index (χ3v) is 6.33. The van der Waals surface area contributed by atoms with Crippen molar-refractivity contribution >= 4 is 22.1 Å². The van der Waals surface area contributed by atoms with Crippen LogP contribution in [0.15, 0.2) is 0 Å².